The fourth-order valence-corrected chi connectivity index (χ4v) is 4.79. The van der Waals surface area contributed by atoms with Crippen molar-refractivity contribution in [3.8, 4) is 17.0 Å². The van der Waals surface area contributed by atoms with Gasteiger partial charge in [-0.05, 0) is 0 Å². The number of benzene rings is 2. The van der Waals surface area contributed by atoms with Crippen LogP contribution in [0.5, 0.6) is 5.75 Å². The van der Waals surface area contributed by atoms with Crippen molar-refractivity contribution in [1.82, 2.24) is 4.98 Å². The number of unbranched alkanes of at least 4 members (excludes halogenated alkanes) is 1. The van der Waals surface area contributed by atoms with Crippen molar-refractivity contribution in [3.63, 3.8) is 0 Å². The number of anilines is 1. The zero-order valence-corrected chi connectivity index (χ0v) is 16.7. The predicted molar refractivity (Wildman–Crippen MR) is 106 cm³/mol. The third kappa shape index (κ3) is 4.43. The number of ether oxygens (including phenoxy) is 1. The van der Waals surface area contributed by atoms with E-state index in [1.54, 1.807) is 7.11 Å². The Kier molecular flexibility index (Phi) is 6.26. The molecular weight excluding hydrogens is 391 g/mol. The number of hydrogen-bond donors (Lipinski definition) is 1. The molecule has 0 aliphatic carbocycles. The summed E-state index contributed by atoms with van der Waals surface area (Å²) >= 11 is 0.0505. The van der Waals surface area contributed by atoms with Gasteiger partial charge in [-0.25, -0.2) is 0 Å². The number of aryl methyl sites for hydroxylation is 1. The molecule has 134 valence electrons. The molecule has 4 nitrogen and oxygen atoms in total. The van der Waals surface area contributed by atoms with Gasteiger partial charge in [-0.3, -0.25) is 0 Å². The Morgan fingerprint density at radius 2 is 1.85 bits per heavy atom. The van der Waals surface area contributed by atoms with E-state index in [1.165, 1.54) is 4.44 Å². The van der Waals surface area contributed by atoms with Crippen molar-refractivity contribution in [2.24, 2.45) is 0 Å². The topological polar surface area (TPSA) is 51.2 Å². The Morgan fingerprint density at radius 1 is 1.12 bits per heavy atom. The fourth-order valence-electron chi connectivity index (χ4n) is 2.65. The minimum absolute atomic E-state index is 0.0505. The summed E-state index contributed by atoms with van der Waals surface area (Å²) in [7, 11) is 1.66. The molecule has 1 amide bonds. The molecule has 3 aromatic rings. The van der Waals surface area contributed by atoms with Crippen LogP contribution in [0.25, 0.3) is 11.3 Å². The first kappa shape index (κ1) is 18.4. The molecule has 0 aliphatic rings. The monoisotopic (exact) mass is 414 g/mol. The number of carbonyl (C=O) groups is 1. The van der Waals surface area contributed by atoms with Crippen molar-refractivity contribution >= 4 is 25.1 Å². The van der Waals surface area contributed by atoms with E-state index in [9.17, 15) is 4.79 Å². The zero-order valence-electron chi connectivity index (χ0n) is 15.0. The molecule has 0 atom stereocenters. The minimum atomic E-state index is -0.1000. The second kappa shape index (κ2) is 8.84. The van der Waals surface area contributed by atoms with E-state index in [0.29, 0.717) is 5.56 Å². The summed E-state index contributed by atoms with van der Waals surface area (Å²) in [6.45, 7) is 2.19. The van der Waals surface area contributed by atoms with Gasteiger partial charge in [-0.15, -0.1) is 0 Å². The molecule has 0 unspecified atom stereocenters. The second-order valence-corrected chi connectivity index (χ2v) is 8.22. The predicted octanol–water partition coefficient (Wildman–Crippen LogP) is 4.41. The number of hydrogen-bond acceptors (Lipinski definition) is 3. The van der Waals surface area contributed by atoms with E-state index in [2.05, 4.69) is 12.2 Å². The normalized spacial score (nSPS) is 10.5. The van der Waals surface area contributed by atoms with Gasteiger partial charge >= 0.3 is 160 Å². The summed E-state index contributed by atoms with van der Waals surface area (Å²) in [6.07, 6.45) is 3.29. The number of amides is 1. The summed E-state index contributed by atoms with van der Waals surface area (Å²) in [5.74, 6) is 0.728. The Balaban J connectivity index is 1.87. The van der Waals surface area contributed by atoms with Gasteiger partial charge in [0.25, 0.3) is 0 Å². The van der Waals surface area contributed by atoms with Crippen LogP contribution in [0.4, 0.5) is 4.69 Å². The van der Waals surface area contributed by atoms with Crippen molar-refractivity contribution in [3.05, 3.63) is 64.6 Å². The van der Waals surface area contributed by atoms with Crippen LogP contribution >= 0.6 is 0 Å². The van der Waals surface area contributed by atoms with Crippen LogP contribution < -0.4 is 10.1 Å². The maximum atomic E-state index is 12.4. The summed E-state index contributed by atoms with van der Waals surface area (Å²) in [4.78, 5) is 17.2. The SMILES string of the molecule is CCCCc1[se]c(NC(=O)c2ccccc2)nc1-c1ccc(OC)cc1. The molecule has 0 saturated heterocycles. The molecule has 0 aliphatic heterocycles. The first-order valence-electron chi connectivity index (χ1n) is 8.71. The number of nitrogens with zero attached hydrogens (tertiary/aromatic N) is 1. The van der Waals surface area contributed by atoms with E-state index in [-0.39, 0.29) is 20.4 Å². The molecule has 2 aromatic carbocycles. The van der Waals surface area contributed by atoms with Crippen molar-refractivity contribution in [1.29, 1.82) is 0 Å². The summed E-state index contributed by atoms with van der Waals surface area (Å²) < 4.78 is 7.36. The van der Waals surface area contributed by atoms with Crippen LogP contribution in [-0.4, -0.2) is 32.5 Å². The Hall–Kier alpha value is -2.36. The molecule has 0 saturated carbocycles. The molecule has 1 aromatic heterocycles. The van der Waals surface area contributed by atoms with Crippen molar-refractivity contribution in [2.45, 2.75) is 26.2 Å². The van der Waals surface area contributed by atoms with Crippen LogP contribution in [0.15, 0.2) is 54.6 Å². The van der Waals surface area contributed by atoms with E-state index in [0.717, 1.165) is 41.0 Å². The first-order chi connectivity index (χ1) is 12.7. The molecule has 0 fully saturated rings. The molecule has 0 radical (unpaired) electrons. The first-order valence-corrected chi connectivity index (χ1v) is 10.4. The number of carbonyl (C=O) groups excluding carboxylic acids is 1. The van der Waals surface area contributed by atoms with Gasteiger partial charge in [0.1, 0.15) is 0 Å². The van der Waals surface area contributed by atoms with Crippen LogP contribution in [0, 0.1) is 0 Å². The van der Waals surface area contributed by atoms with Gasteiger partial charge in [0.05, 0.1) is 0 Å². The standard InChI is InChI=1S/C21H22N2O2Se/c1-3-4-10-18-19(15-11-13-17(25-2)14-12-15)22-21(26-18)23-20(24)16-8-6-5-7-9-16/h5-9,11-14H,3-4,10H2,1-2H3,(H,22,23,24). The van der Waals surface area contributed by atoms with E-state index in [4.69, 9.17) is 9.72 Å². The Morgan fingerprint density at radius 3 is 2.50 bits per heavy atom. The molecule has 1 N–H and O–H groups in total. The summed E-state index contributed by atoms with van der Waals surface area (Å²) in [5.41, 5.74) is 2.73. The Bertz CT molecular complexity index is 857. The van der Waals surface area contributed by atoms with Gasteiger partial charge in [-0.2, -0.15) is 0 Å². The molecule has 0 spiro atoms. The second-order valence-electron chi connectivity index (χ2n) is 5.94. The zero-order chi connectivity index (χ0) is 18.4. The summed E-state index contributed by atoms with van der Waals surface area (Å²) in [6, 6.07) is 17.2. The van der Waals surface area contributed by atoms with Crippen molar-refractivity contribution < 1.29 is 9.53 Å². The molecular formula is C21H22N2O2Se. The van der Waals surface area contributed by atoms with E-state index in [1.807, 2.05) is 54.6 Å². The van der Waals surface area contributed by atoms with Crippen molar-refractivity contribution in [2.75, 3.05) is 12.4 Å². The molecule has 1 heterocycles. The molecule has 0 bridgehead atoms. The summed E-state index contributed by atoms with van der Waals surface area (Å²) in [5, 5.41) is 3.00. The van der Waals surface area contributed by atoms with Gasteiger partial charge in [0.15, 0.2) is 0 Å². The molecule has 5 heteroatoms. The maximum absolute atomic E-state index is 12.4. The molecule has 3 rings (SSSR count). The Labute approximate surface area is 160 Å². The van der Waals surface area contributed by atoms with Gasteiger partial charge < -0.3 is 0 Å². The number of nitrogens with one attached hydrogen (secondary N) is 1. The third-order valence-electron chi connectivity index (χ3n) is 4.07. The average molecular weight is 413 g/mol. The van der Waals surface area contributed by atoms with Gasteiger partial charge in [0, 0.05) is 0 Å². The molecule has 26 heavy (non-hydrogen) atoms. The fraction of sp³-hybridized carbons (Fsp3) is 0.238. The van der Waals surface area contributed by atoms with Gasteiger partial charge in [0.2, 0.25) is 0 Å². The van der Waals surface area contributed by atoms with Crippen LogP contribution in [0.2, 0.25) is 0 Å². The van der Waals surface area contributed by atoms with Crippen LogP contribution in [0.1, 0.15) is 34.6 Å². The third-order valence-corrected chi connectivity index (χ3v) is 6.24. The van der Waals surface area contributed by atoms with Gasteiger partial charge in [-0.1, -0.05) is 0 Å². The number of aromatic nitrogens is 1. The van der Waals surface area contributed by atoms with E-state index < -0.39 is 0 Å². The number of methoxy groups -OCH3 is 1. The van der Waals surface area contributed by atoms with Crippen LogP contribution in [-0.2, 0) is 6.42 Å². The quantitative estimate of drug-likeness (QED) is 0.584. The average Bonchev–Trinajstić information content (AvgIpc) is 3.09. The van der Waals surface area contributed by atoms with Crippen LogP contribution in [0.3, 0.4) is 0 Å². The van der Waals surface area contributed by atoms with E-state index >= 15 is 0 Å². The number of rotatable bonds is 7.